The summed E-state index contributed by atoms with van der Waals surface area (Å²) in [7, 11) is 0. The van der Waals surface area contributed by atoms with Crippen molar-refractivity contribution in [2.24, 2.45) is 0 Å². The smallest absolute Gasteiger partial charge is 0.167 e. The van der Waals surface area contributed by atoms with Crippen molar-refractivity contribution in [3.05, 3.63) is 63.6 Å². The lowest BCUT2D eigenvalue weighted by Crippen LogP contribution is -2.19. The molecular formula is C17H16BrNO2. The maximum Gasteiger partial charge on any atom is 0.167 e. The summed E-state index contributed by atoms with van der Waals surface area (Å²) in [4.78, 5) is 12.5. The molecule has 2 aromatic rings. The molecule has 1 atom stereocenters. The van der Waals surface area contributed by atoms with Crippen molar-refractivity contribution in [1.29, 1.82) is 0 Å². The number of anilines is 1. The van der Waals surface area contributed by atoms with Gasteiger partial charge in [0.1, 0.15) is 0 Å². The number of hydrogen-bond acceptors (Lipinski definition) is 3. The van der Waals surface area contributed by atoms with E-state index < -0.39 is 0 Å². The van der Waals surface area contributed by atoms with Crippen LogP contribution in [-0.2, 0) is 11.2 Å². The van der Waals surface area contributed by atoms with Gasteiger partial charge in [0.05, 0.1) is 12.7 Å². The third-order valence-corrected chi connectivity index (χ3v) is 4.27. The van der Waals surface area contributed by atoms with Gasteiger partial charge in [-0.2, -0.15) is 0 Å². The monoisotopic (exact) mass is 345 g/mol. The molecule has 108 valence electrons. The largest absolute Gasteiger partial charge is 0.398 e. The van der Waals surface area contributed by atoms with Crippen LogP contribution in [-0.4, -0.2) is 12.4 Å². The zero-order valence-corrected chi connectivity index (χ0v) is 13.1. The molecule has 21 heavy (non-hydrogen) atoms. The van der Waals surface area contributed by atoms with Crippen molar-refractivity contribution in [2.75, 3.05) is 12.3 Å². The molecule has 0 radical (unpaired) electrons. The minimum atomic E-state index is -0.180. The summed E-state index contributed by atoms with van der Waals surface area (Å²) in [5, 5.41) is 0. The van der Waals surface area contributed by atoms with Crippen molar-refractivity contribution >= 4 is 27.4 Å². The zero-order valence-electron chi connectivity index (χ0n) is 11.5. The number of Topliss-reactive ketones (excluding diaryl/α,β-unsaturated/α-hetero) is 1. The number of carbonyl (C=O) groups excluding carboxylic acids is 1. The Morgan fingerprint density at radius 1 is 1.29 bits per heavy atom. The second-order valence-corrected chi connectivity index (χ2v) is 6.08. The molecule has 2 N–H and O–H groups in total. The van der Waals surface area contributed by atoms with Gasteiger partial charge in [-0.1, -0.05) is 40.2 Å². The normalized spacial score (nSPS) is 17.3. The van der Waals surface area contributed by atoms with Gasteiger partial charge in [-0.15, -0.1) is 0 Å². The molecular weight excluding hydrogens is 330 g/mol. The maximum atomic E-state index is 12.5. The van der Waals surface area contributed by atoms with E-state index in [4.69, 9.17) is 10.5 Å². The minimum absolute atomic E-state index is 0.00973. The highest BCUT2D eigenvalue weighted by Crippen LogP contribution is 2.31. The topological polar surface area (TPSA) is 52.3 Å². The van der Waals surface area contributed by atoms with Crippen LogP contribution in [0, 0.1) is 0 Å². The first kappa shape index (κ1) is 14.3. The predicted molar refractivity (Wildman–Crippen MR) is 86.3 cm³/mol. The molecule has 3 rings (SSSR count). The summed E-state index contributed by atoms with van der Waals surface area (Å²) in [5.41, 5.74) is 9.35. The number of nitrogen functional groups attached to an aromatic ring is 1. The Morgan fingerprint density at radius 2 is 2.10 bits per heavy atom. The third kappa shape index (κ3) is 3.01. The number of ether oxygens (including phenoxy) is 1. The van der Waals surface area contributed by atoms with Gasteiger partial charge in [0.2, 0.25) is 0 Å². The van der Waals surface area contributed by atoms with Gasteiger partial charge in [0.15, 0.2) is 5.78 Å². The number of benzene rings is 2. The molecule has 0 amide bonds. The molecule has 0 spiro atoms. The average Bonchev–Trinajstić information content (AvgIpc) is 2.50. The Bertz CT molecular complexity index is 684. The molecule has 1 aliphatic rings. The number of ketones is 1. The van der Waals surface area contributed by atoms with Crippen LogP contribution in [0.15, 0.2) is 46.9 Å². The zero-order chi connectivity index (χ0) is 14.8. The highest BCUT2D eigenvalue weighted by Gasteiger charge is 2.24. The predicted octanol–water partition coefficient (Wildman–Crippen LogP) is 3.92. The number of halogens is 1. The van der Waals surface area contributed by atoms with Crippen LogP contribution in [0.4, 0.5) is 5.69 Å². The number of carbonyl (C=O) groups is 1. The van der Waals surface area contributed by atoms with E-state index in [2.05, 4.69) is 22.0 Å². The molecule has 0 bridgehead atoms. The van der Waals surface area contributed by atoms with Gasteiger partial charge in [0, 0.05) is 22.1 Å². The lowest BCUT2D eigenvalue weighted by Gasteiger charge is -2.25. The molecule has 4 heteroatoms. The molecule has 0 fully saturated rings. The van der Waals surface area contributed by atoms with E-state index in [1.54, 1.807) is 12.1 Å². The van der Waals surface area contributed by atoms with E-state index in [9.17, 15) is 4.79 Å². The van der Waals surface area contributed by atoms with Gasteiger partial charge in [-0.05, 0) is 35.7 Å². The minimum Gasteiger partial charge on any atom is -0.398 e. The van der Waals surface area contributed by atoms with Gasteiger partial charge in [0.25, 0.3) is 0 Å². The Kier molecular flexibility index (Phi) is 4.08. The fourth-order valence-corrected chi connectivity index (χ4v) is 3.06. The molecule has 1 unspecified atom stereocenters. The third-order valence-electron chi connectivity index (χ3n) is 3.78. The Hall–Kier alpha value is -1.65. The Balaban J connectivity index is 1.84. The summed E-state index contributed by atoms with van der Waals surface area (Å²) in [5.74, 6) is 0.00973. The Morgan fingerprint density at radius 3 is 2.95 bits per heavy atom. The van der Waals surface area contributed by atoms with Crippen molar-refractivity contribution in [3.8, 4) is 0 Å². The van der Waals surface area contributed by atoms with Gasteiger partial charge >= 0.3 is 0 Å². The molecule has 0 saturated heterocycles. The molecule has 1 aliphatic heterocycles. The quantitative estimate of drug-likeness (QED) is 0.677. The van der Waals surface area contributed by atoms with Crippen molar-refractivity contribution in [2.45, 2.75) is 18.9 Å². The highest BCUT2D eigenvalue weighted by atomic mass is 79.9. The van der Waals surface area contributed by atoms with Gasteiger partial charge in [-0.3, -0.25) is 4.79 Å². The summed E-state index contributed by atoms with van der Waals surface area (Å²) in [6, 6.07) is 13.5. The maximum absolute atomic E-state index is 12.5. The lowest BCUT2D eigenvalue weighted by atomic mass is 9.93. The lowest BCUT2D eigenvalue weighted by molar-refractivity contribution is 0.0352. The van der Waals surface area contributed by atoms with E-state index in [0.717, 1.165) is 16.5 Å². The molecule has 0 saturated carbocycles. The van der Waals surface area contributed by atoms with Crippen LogP contribution in [0.2, 0.25) is 0 Å². The first-order valence-electron chi connectivity index (χ1n) is 6.93. The van der Waals surface area contributed by atoms with Crippen LogP contribution >= 0.6 is 15.9 Å². The van der Waals surface area contributed by atoms with Crippen molar-refractivity contribution in [3.63, 3.8) is 0 Å². The van der Waals surface area contributed by atoms with E-state index in [1.807, 2.05) is 24.3 Å². The molecule has 3 nitrogen and oxygen atoms in total. The number of rotatable bonds is 3. The van der Waals surface area contributed by atoms with E-state index in [-0.39, 0.29) is 11.9 Å². The van der Waals surface area contributed by atoms with Crippen molar-refractivity contribution < 1.29 is 9.53 Å². The summed E-state index contributed by atoms with van der Waals surface area (Å²) in [6.45, 7) is 0.656. The number of hydrogen-bond donors (Lipinski definition) is 1. The average molecular weight is 346 g/mol. The summed E-state index contributed by atoms with van der Waals surface area (Å²) >= 11 is 3.38. The van der Waals surface area contributed by atoms with E-state index >= 15 is 0 Å². The van der Waals surface area contributed by atoms with Gasteiger partial charge in [-0.25, -0.2) is 0 Å². The Labute approximate surface area is 132 Å². The van der Waals surface area contributed by atoms with Crippen molar-refractivity contribution in [1.82, 2.24) is 0 Å². The second-order valence-electron chi connectivity index (χ2n) is 5.17. The SMILES string of the molecule is Nc1ccc(Br)cc1C(=O)CC1OCCc2ccccc21. The molecule has 1 heterocycles. The highest BCUT2D eigenvalue weighted by molar-refractivity contribution is 9.10. The molecule has 0 aromatic heterocycles. The first-order chi connectivity index (χ1) is 10.1. The number of nitrogens with two attached hydrogens (primary N) is 1. The summed E-state index contributed by atoms with van der Waals surface area (Å²) < 4.78 is 6.65. The van der Waals surface area contributed by atoms with Crippen LogP contribution < -0.4 is 5.73 Å². The number of fused-ring (bicyclic) bond motifs is 1. The molecule has 0 aliphatic carbocycles. The van der Waals surface area contributed by atoms with Crippen LogP contribution in [0.3, 0.4) is 0 Å². The molecule has 2 aromatic carbocycles. The summed E-state index contributed by atoms with van der Waals surface area (Å²) in [6.07, 6.45) is 1.04. The van der Waals surface area contributed by atoms with E-state index in [1.165, 1.54) is 5.56 Å². The second kappa shape index (κ2) is 6.00. The standard InChI is InChI=1S/C17H16BrNO2/c18-12-5-6-15(19)14(9-12)16(20)10-17-13-4-2-1-3-11(13)7-8-21-17/h1-6,9,17H,7-8,10,19H2. The van der Waals surface area contributed by atoms with Crippen LogP contribution in [0.25, 0.3) is 0 Å². The fourth-order valence-electron chi connectivity index (χ4n) is 2.69. The van der Waals surface area contributed by atoms with Crippen LogP contribution in [0.1, 0.15) is 34.0 Å². The van der Waals surface area contributed by atoms with Gasteiger partial charge < -0.3 is 10.5 Å². The van der Waals surface area contributed by atoms with E-state index in [0.29, 0.717) is 24.3 Å². The fraction of sp³-hybridized carbons (Fsp3) is 0.235. The first-order valence-corrected chi connectivity index (χ1v) is 7.72. The van der Waals surface area contributed by atoms with Crippen LogP contribution in [0.5, 0.6) is 0 Å².